The molecule has 7 nitrogen and oxygen atoms in total. The molecule has 1 aromatic heterocycles. The Hall–Kier alpha value is -2.67. The monoisotopic (exact) mass is 342 g/mol. The highest BCUT2D eigenvalue weighted by atomic mass is 16.4. The molecule has 0 aliphatic carbocycles. The van der Waals surface area contributed by atoms with Crippen LogP contribution in [0.4, 0.5) is 0 Å². The van der Waals surface area contributed by atoms with Crippen LogP contribution < -0.4 is 0 Å². The molecule has 7 heteroatoms. The minimum Gasteiger partial charge on any atom is -0.478 e. The fraction of sp³-hybridized carbons (Fsp3) is 0.389. The third-order valence-corrected chi connectivity index (χ3v) is 4.49. The van der Waals surface area contributed by atoms with Gasteiger partial charge in [-0.2, -0.15) is 5.10 Å². The topological polar surface area (TPSA) is 78.7 Å². The zero-order chi connectivity index (χ0) is 18.0. The molecular formula is C18H22N4O3. The van der Waals surface area contributed by atoms with Gasteiger partial charge in [-0.05, 0) is 25.1 Å². The standard InChI is InChI=1S/C18H22N4O3/c1-20(2)17(23)14-7-8-21(12-14)10-13-9-19-22(11-13)16-6-4-3-5-15(16)18(24)25/h3-6,9,11,14H,7-8,10,12H2,1-2H3,(H,24,25). The molecule has 2 aromatic rings. The Labute approximate surface area is 146 Å². The van der Waals surface area contributed by atoms with Gasteiger partial charge in [-0.1, -0.05) is 12.1 Å². The SMILES string of the molecule is CN(C)C(=O)C1CCN(Cc2cnn(-c3ccccc3C(=O)O)c2)C1. The lowest BCUT2D eigenvalue weighted by atomic mass is 10.1. The van der Waals surface area contributed by atoms with Crippen molar-refractivity contribution in [1.29, 1.82) is 0 Å². The zero-order valence-electron chi connectivity index (χ0n) is 14.4. The summed E-state index contributed by atoms with van der Waals surface area (Å²) < 4.78 is 1.59. The van der Waals surface area contributed by atoms with Gasteiger partial charge in [0.15, 0.2) is 0 Å². The molecule has 1 fully saturated rings. The first-order valence-electron chi connectivity index (χ1n) is 8.25. The first kappa shape index (κ1) is 17.2. The van der Waals surface area contributed by atoms with Gasteiger partial charge in [-0.25, -0.2) is 9.48 Å². The number of aromatic nitrogens is 2. The van der Waals surface area contributed by atoms with Crippen LogP contribution >= 0.6 is 0 Å². The van der Waals surface area contributed by atoms with Crippen LogP contribution in [0.2, 0.25) is 0 Å². The second-order valence-corrected chi connectivity index (χ2v) is 6.57. The Bertz CT molecular complexity index is 784. The number of carbonyl (C=O) groups is 2. The molecular weight excluding hydrogens is 320 g/mol. The Morgan fingerprint density at radius 1 is 1.32 bits per heavy atom. The van der Waals surface area contributed by atoms with Crippen molar-refractivity contribution in [2.45, 2.75) is 13.0 Å². The fourth-order valence-electron chi connectivity index (χ4n) is 3.23. The number of aromatic carboxylic acids is 1. The maximum Gasteiger partial charge on any atom is 0.337 e. The number of hydrogen-bond acceptors (Lipinski definition) is 4. The number of benzene rings is 1. The maximum absolute atomic E-state index is 12.1. The molecule has 1 N–H and O–H groups in total. The van der Waals surface area contributed by atoms with E-state index in [0.29, 0.717) is 12.2 Å². The lowest BCUT2D eigenvalue weighted by Gasteiger charge is -2.17. The van der Waals surface area contributed by atoms with Gasteiger partial charge in [0.25, 0.3) is 0 Å². The number of carboxylic acids is 1. The lowest BCUT2D eigenvalue weighted by Crippen LogP contribution is -2.31. The van der Waals surface area contributed by atoms with E-state index in [0.717, 1.165) is 25.1 Å². The highest BCUT2D eigenvalue weighted by Gasteiger charge is 2.29. The molecule has 1 unspecified atom stereocenters. The van der Waals surface area contributed by atoms with E-state index in [1.165, 1.54) is 0 Å². The van der Waals surface area contributed by atoms with E-state index in [2.05, 4.69) is 10.00 Å². The van der Waals surface area contributed by atoms with E-state index >= 15 is 0 Å². The lowest BCUT2D eigenvalue weighted by molar-refractivity contribution is -0.132. The van der Waals surface area contributed by atoms with Crippen LogP contribution in [0.15, 0.2) is 36.7 Å². The number of para-hydroxylation sites is 1. The molecule has 132 valence electrons. The molecule has 25 heavy (non-hydrogen) atoms. The minimum atomic E-state index is -0.975. The summed E-state index contributed by atoms with van der Waals surface area (Å²) in [5, 5.41) is 13.6. The van der Waals surface area contributed by atoms with Crippen molar-refractivity contribution in [3.05, 3.63) is 47.8 Å². The van der Waals surface area contributed by atoms with Gasteiger partial charge in [0.1, 0.15) is 0 Å². The normalized spacial score (nSPS) is 17.6. The first-order chi connectivity index (χ1) is 12.0. The summed E-state index contributed by atoms with van der Waals surface area (Å²) in [5.74, 6) is -0.747. The van der Waals surface area contributed by atoms with Crippen molar-refractivity contribution in [2.75, 3.05) is 27.2 Å². The number of carboxylic acid groups (broad SMARTS) is 1. The Kier molecular flexibility index (Phi) is 4.85. The molecule has 1 aromatic carbocycles. The second-order valence-electron chi connectivity index (χ2n) is 6.57. The number of amides is 1. The van der Waals surface area contributed by atoms with Gasteiger partial charge in [-0.15, -0.1) is 0 Å². The summed E-state index contributed by atoms with van der Waals surface area (Å²) in [6, 6.07) is 6.80. The third kappa shape index (κ3) is 3.71. The molecule has 0 bridgehead atoms. The minimum absolute atomic E-state index is 0.0535. The van der Waals surface area contributed by atoms with Crippen molar-refractivity contribution in [3.63, 3.8) is 0 Å². The molecule has 0 spiro atoms. The fourth-order valence-corrected chi connectivity index (χ4v) is 3.23. The predicted molar refractivity (Wildman–Crippen MR) is 92.6 cm³/mol. The van der Waals surface area contributed by atoms with Crippen LogP contribution in [0.3, 0.4) is 0 Å². The predicted octanol–water partition coefficient (Wildman–Crippen LogP) is 1.48. The van der Waals surface area contributed by atoms with Gasteiger partial charge >= 0.3 is 5.97 Å². The maximum atomic E-state index is 12.1. The van der Waals surface area contributed by atoms with E-state index in [9.17, 15) is 14.7 Å². The van der Waals surface area contributed by atoms with Crippen molar-refractivity contribution in [2.24, 2.45) is 5.92 Å². The van der Waals surface area contributed by atoms with Crippen LogP contribution in [0, 0.1) is 5.92 Å². The van der Waals surface area contributed by atoms with Gasteiger partial charge < -0.3 is 10.0 Å². The van der Waals surface area contributed by atoms with E-state index in [1.54, 1.807) is 54.1 Å². The summed E-state index contributed by atoms with van der Waals surface area (Å²) in [6.45, 7) is 2.32. The molecule has 0 saturated carbocycles. The Morgan fingerprint density at radius 2 is 2.08 bits per heavy atom. The Balaban J connectivity index is 1.69. The van der Waals surface area contributed by atoms with Crippen LogP contribution in [-0.4, -0.2) is 63.7 Å². The van der Waals surface area contributed by atoms with Crippen molar-refractivity contribution < 1.29 is 14.7 Å². The van der Waals surface area contributed by atoms with Crippen LogP contribution in [0.25, 0.3) is 5.69 Å². The molecule has 1 amide bonds. The summed E-state index contributed by atoms with van der Waals surface area (Å²) in [5.41, 5.74) is 1.76. The van der Waals surface area contributed by atoms with Crippen molar-refractivity contribution in [3.8, 4) is 5.69 Å². The van der Waals surface area contributed by atoms with Gasteiger partial charge in [0, 0.05) is 38.9 Å². The summed E-state index contributed by atoms with van der Waals surface area (Å²) >= 11 is 0. The second kappa shape index (κ2) is 7.06. The zero-order valence-corrected chi connectivity index (χ0v) is 14.4. The van der Waals surface area contributed by atoms with Gasteiger partial charge in [0.2, 0.25) is 5.91 Å². The van der Waals surface area contributed by atoms with Crippen molar-refractivity contribution in [1.82, 2.24) is 19.6 Å². The highest BCUT2D eigenvalue weighted by molar-refractivity contribution is 5.91. The Morgan fingerprint density at radius 3 is 2.80 bits per heavy atom. The largest absolute Gasteiger partial charge is 0.478 e. The van der Waals surface area contributed by atoms with Gasteiger partial charge in [-0.3, -0.25) is 9.69 Å². The average Bonchev–Trinajstić information content (AvgIpc) is 3.24. The molecule has 1 aliphatic heterocycles. The van der Waals surface area contributed by atoms with E-state index in [1.807, 2.05) is 6.20 Å². The van der Waals surface area contributed by atoms with E-state index < -0.39 is 5.97 Å². The number of carbonyl (C=O) groups excluding carboxylic acids is 1. The number of nitrogens with zero attached hydrogens (tertiary/aromatic N) is 4. The average molecular weight is 342 g/mol. The molecule has 3 rings (SSSR count). The quantitative estimate of drug-likeness (QED) is 0.890. The summed E-state index contributed by atoms with van der Waals surface area (Å²) in [4.78, 5) is 27.3. The van der Waals surface area contributed by atoms with Gasteiger partial charge in [0.05, 0.1) is 23.4 Å². The third-order valence-electron chi connectivity index (χ3n) is 4.49. The van der Waals surface area contributed by atoms with Crippen LogP contribution in [0.5, 0.6) is 0 Å². The highest BCUT2D eigenvalue weighted by Crippen LogP contribution is 2.21. The number of rotatable bonds is 5. The van der Waals surface area contributed by atoms with Crippen LogP contribution in [-0.2, 0) is 11.3 Å². The summed E-state index contributed by atoms with van der Waals surface area (Å²) in [6.07, 6.45) is 4.47. The molecule has 0 radical (unpaired) electrons. The van der Waals surface area contributed by atoms with Crippen molar-refractivity contribution >= 4 is 11.9 Å². The first-order valence-corrected chi connectivity index (χ1v) is 8.25. The summed E-state index contributed by atoms with van der Waals surface area (Å²) in [7, 11) is 3.57. The smallest absolute Gasteiger partial charge is 0.337 e. The van der Waals surface area contributed by atoms with Crippen LogP contribution in [0.1, 0.15) is 22.3 Å². The molecule has 1 atom stereocenters. The van der Waals surface area contributed by atoms with E-state index in [4.69, 9.17) is 0 Å². The molecule has 1 saturated heterocycles. The molecule has 1 aliphatic rings. The number of likely N-dealkylation sites (tertiary alicyclic amines) is 1. The molecule has 2 heterocycles. The van der Waals surface area contributed by atoms with E-state index in [-0.39, 0.29) is 17.4 Å². The number of hydrogen-bond donors (Lipinski definition) is 1.